The van der Waals surface area contributed by atoms with Gasteiger partial charge in [0.25, 0.3) is 0 Å². The zero-order valence-electron chi connectivity index (χ0n) is 11.4. The van der Waals surface area contributed by atoms with Crippen molar-refractivity contribution in [3.63, 3.8) is 0 Å². The molecule has 108 valence electrons. The van der Waals surface area contributed by atoms with Gasteiger partial charge in [0.2, 0.25) is 10.0 Å². The van der Waals surface area contributed by atoms with Crippen LogP contribution in [0, 0.1) is 0 Å². The van der Waals surface area contributed by atoms with E-state index in [4.69, 9.17) is 4.74 Å². The number of aryl methyl sites for hydroxylation is 1. The van der Waals surface area contributed by atoms with Gasteiger partial charge in [-0.15, -0.1) is 0 Å². The minimum absolute atomic E-state index is 0.376. The molecule has 1 N–H and O–H groups in total. The second kappa shape index (κ2) is 6.04. The lowest BCUT2D eigenvalue weighted by Gasteiger charge is -2.25. The van der Waals surface area contributed by atoms with Crippen LogP contribution in [0.3, 0.4) is 0 Å². The van der Waals surface area contributed by atoms with Crippen LogP contribution in [0.1, 0.15) is 12.6 Å². The van der Waals surface area contributed by atoms with Gasteiger partial charge >= 0.3 is 0 Å². The second-order valence-electron chi connectivity index (χ2n) is 4.50. The van der Waals surface area contributed by atoms with E-state index in [1.54, 1.807) is 12.3 Å². The van der Waals surface area contributed by atoms with Crippen LogP contribution in [0.2, 0.25) is 0 Å². The average molecular weight is 287 g/mol. The van der Waals surface area contributed by atoms with Crippen LogP contribution in [0.4, 0.5) is 0 Å². The predicted molar refractivity (Wildman–Crippen MR) is 72.4 cm³/mol. The molecule has 1 fully saturated rings. The van der Waals surface area contributed by atoms with Crippen LogP contribution in [-0.4, -0.2) is 50.6 Å². The number of morpholine rings is 1. The third-order valence-electron chi connectivity index (χ3n) is 3.27. The summed E-state index contributed by atoms with van der Waals surface area (Å²) >= 11 is 0. The van der Waals surface area contributed by atoms with Crippen molar-refractivity contribution in [2.45, 2.75) is 24.9 Å². The molecule has 0 spiro atoms. The van der Waals surface area contributed by atoms with Crippen LogP contribution in [-0.2, 0) is 27.8 Å². The van der Waals surface area contributed by atoms with E-state index in [0.29, 0.717) is 37.7 Å². The van der Waals surface area contributed by atoms with E-state index in [2.05, 4.69) is 5.32 Å². The summed E-state index contributed by atoms with van der Waals surface area (Å²) in [4.78, 5) is 0.376. The van der Waals surface area contributed by atoms with Crippen molar-refractivity contribution >= 4 is 10.0 Å². The molecule has 1 aliphatic heterocycles. The first-order valence-corrected chi connectivity index (χ1v) is 7.95. The Balaban J connectivity index is 2.29. The van der Waals surface area contributed by atoms with Crippen molar-refractivity contribution in [3.05, 3.63) is 18.0 Å². The molecule has 7 heteroatoms. The summed E-state index contributed by atoms with van der Waals surface area (Å²) in [6, 6.07) is 1.75. The van der Waals surface area contributed by atoms with Crippen molar-refractivity contribution in [2.24, 2.45) is 0 Å². The maximum atomic E-state index is 12.5. The van der Waals surface area contributed by atoms with Crippen LogP contribution in [0.25, 0.3) is 0 Å². The number of nitrogens with zero attached hydrogens (tertiary/aromatic N) is 2. The fourth-order valence-corrected chi connectivity index (χ4v) is 3.70. The molecule has 0 aromatic carbocycles. The maximum absolute atomic E-state index is 12.5. The molecule has 0 unspecified atom stereocenters. The zero-order chi connectivity index (χ0) is 13.9. The fraction of sp³-hybridized carbons (Fsp3) is 0.667. The second-order valence-corrected chi connectivity index (χ2v) is 6.44. The summed E-state index contributed by atoms with van der Waals surface area (Å²) in [6.45, 7) is 5.22. The Morgan fingerprint density at radius 1 is 1.37 bits per heavy atom. The van der Waals surface area contributed by atoms with E-state index >= 15 is 0 Å². The molecule has 0 radical (unpaired) electrons. The van der Waals surface area contributed by atoms with E-state index in [0.717, 1.165) is 12.2 Å². The molecular formula is C12H21N3O3S. The molecule has 1 aliphatic rings. The van der Waals surface area contributed by atoms with Crippen LogP contribution < -0.4 is 5.32 Å². The normalized spacial score (nSPS) is 17.8. The van der Waals surface area contributed by atoms with Gasteiger partial charge in [-0.05, 0) is 20.0 Å². The SMILES string of the molecule is CCn1cc(S(=O)(=O)N2CCOCC2)cc1CNC. The maximum Gasteiger partial charge on any atom is 0.244 e. The highest BCUT2D eigenvalue weighted by atomic mass is 32.2. The smallest absolute Gasteiger partial charge is 0.244 e. The number of rotatable bonds is 5. The van der Waals surface area contributed by atoms with Gasteiger partial charge in [-0.1, -0.05) is 0 Å². The lowest BCUT2D eigenvalue weighted by molar-refractivity contribution is 0.0730. The Morgan fingerprint density at radius 3 is 2.63 bits per heavy atom. The predicted octanol–water partition coefficient (Wildman–Crippen LogP) is 0.248. The average Bonchev–Trinajstić information content (AvgIpc) is 2.84. The quantitative estimate of drug-likeness (QED) is 0.843. The van der Waals surface area contributed by atoms with Crippen molar-refractivity contribution in [1.29, 1.82) is 0 Å². The first-order chi connectivity index (χ1) is 9.09. The third-order valence-corrected chi connectivity index (χ3v) is 5.13. The van der Waals surface area contributed by atoms with Gasteiger partial charge in [0, 0.05) is 38.1 Å². The van der Waals surface area contributed by atoms with E-state index in [1.165, 1.54) is 4.31 Å². The first-order valence-electron chi connectivity index (χ1n) is 6.51. The summed E-state index contributed by atoms with van der Waals surface area (Å²) in [6.07, 6.45) is 1.72. The third kappa shape index (κ3) is 3.00. The van der Waals surface area contributed by atoms with Crippen LogP contribution in [0.15, 0.2) is 17.2 Å². The highest BCUT2D eigenvalue weighted by molar-refractivity contribution is 7.89. The van der Waals surface area contributed by atoms with E-state index in [1.807, 2.05) is 18.5 Å². The molecule has 2 heterocycles. The van der Waals surface area contributed by atoms with E-state index in [9.17, 15) is 8.42 Å². The summed E-state index contributed by atoms with van der Waals surface area (Å²) < 4.78 is 33.7. The number of hydrogen-bond acceptors (Lipinski definition) is 4. The lowest BCUT2D eigenvalue weighted by Crippen LogP contribution is -2.40. The van der Waals surface area contributed by atoms with Crippen molar-refractivity contribution in [1.82, 2.24) is 14.2 Å². The Labute approximate surface area is 114 Å². The Bertz CT molecular complexity index is 518. The molecule has 0 aliphatic carbocycles. The molecule has 19 heavy (non-hydrogen) atoms. The Hall–Kier alpha value is -0.890. The summed E-state index contributed by atoms with van der Waals surface area (Å²) in [5.74, 6) is 0. The van der Waals surface area contributed by atoms with Gasteiger partial charge in [-0.25, -0.2) is 8.42 Å². The van der Waals surface area contributed by atoms with Crippen LogP contribution >= 0.6 is 0 Å². The van der Waals surface area contributed by atoms with Crippen molar-refractivity contribution < 1.29 is 13.2 Å². The van der Waals surface area contributed by atoms with Crippen LogP contribution in [0.5, 0.6) is 0 Å². The van der Waals surface area contributed by atoms with Gasteiger partial charge in [-0.3, -0.25) is 0 Å². The summed E-state index contributed by atoms with van der Waals surface area (Å²) in [5, 5.41) is 3.05. The number of sulfonamides is 1. The zero-order valence-corrected chi connectivity index (χ0v) is 12.2. The van der Waals surface area contributed by atoms with Crippen molar-refractivity contribution in [2.75, 3.05) is 33.4 Å². The highest BCUT2D eigenvalue weighted by Gasteiger charge is 2.27. The fourth-order valence-electron chi connectivity index (χ4n) is 2.23. The molecule has 0 amide bonds. The van der Waals surface area contributed by atoms with Gasteiger partial charge in [0.1, 0.15) is 4.90 Å². The first kappa shape index (κ1) is 14.5. The number of nitrogens with one attached hydrogen (secondary N) is 1. The van der Waals surface area contributed by atoms with Gasteiger partial charge < -0.3 is 14.6 Å². The van der Waals surface area contributed by atoms with Gasteiger partial charge in [0.05, 0.1) is 13.2 Å². The summed E-state index contributed by atoms with van der Waals surface area (Å²) in [7, 11) is -1.54. The highest BCUT2D eigenvalue weighted by Crippen LogP contribution is 2.20. The number of ether oxygens (including phenoxy) is 1. The van der Waals surface area contributed by atoms with E-state index in [-0.39, 0.29) is 0 Å². The molecule has 1 aromatic rings. The van der Waals surface area contributed by atoms with E-state index < -0.39 is 10.0 Å². The monoisotopic (exact) mass is 287 g/mol. The Morgan fingerprint density at radius 2 is 2.05 bits per heavy atom. The topological polar surface area (TPSA) is 63.6 Å². The standard InChI is InChI=1S/C12H21N3O3S/c1-3-14-10-12(8-11(14)9-13-2)19(16,17)15-4-6-18-7-5-15/h8,10,13H,3-7,9H2,1-2H3. The molecule has 0 bridgehead atoms. The minimum atomic E-state index is -3.39. The van der Waals surface area contributed by atoms with Crippen molar-refractivity contribution in [3.8, 4) is 0 Å². The lowest BCUT2D eigenvalue weighted by atomic mass is 10.4. The van der Waals surface area contributed by atoms with Gasteiger partial charge in [0.15, 0.2) is 0 Å². The summed E-state index contributed by atoms with van der Waals surface area (Å²) in [5.41, 5.74) is 0.983. The Kier molecular flexibility index (Phi) is 4.62. The molecular weight excluding hydrogens is 266 g/mol. The molecule has 0 atom stereocenters. The minimum Gasteiger partial charge on any atom is -0.379 e. The molecule has 1 aromatic heterocycles. The number of hydrogen-bond donors (Lipinski definition) is 1. The van der Waals surface area contributed by atoms with Gasteiger partial charge in [-0.2, -0.15) is 4.31 Å². The molecule has 6 nitrogen and oxygen atoms in total. The molecule has 0 saturated carbocycles. The molecule has 1 saturated heterocycles. The number of aromatic nitrogens is 1. The molecule has 2 rings (SSSR count). The largest absolute Gasteiger partial charge is 0.379 e.